The smallest absolute Gasteiger partial charge is 0.274 e. The van der Waals surface area contributed by atoms with Gasteiger partial charge >= 0.3 is 0 Å². The van der Waals surface area contributed by atoms with E-state index in [1.165, 1.54) is 0 Å². The Bertz CT molecular complexity index is 861. The summed E-state index contributed by atoms with van der Waals surface area (Å²) in [5.74, 6) is 0.172. The number of benzene rings is 2. The molecule has 0 N–H and O–H groups in total. The van der Waals surface area contributed by atoms with E-state index in [-0.39, 0.29) is 11.8 Å². The number of halogens is 1. The third-order valence-electron chi connectivity index (χ3n) is 4.24. The van der Waals surface area contributed by atoms with Crippen molar-refractivity contribution in [2.75, 3.05) is 13.2 Å². The van der Waals surface area contributed by atoms with Crippen molar-refractivity contribution in [2.45, 2.75) is 46.6 Å². The van der Waals surface area contributed by atoms with Crippen LogP contribution in [0.3, 0.4) is 0 Å². The van der Waals surface area contributed by atoms with Gasteiger partial charge in [-0.3, -0.25) is 9.59 Å². The highest BCUT2D eigenvalue weighted by atomic mass is 79.9. The summed E-state index contributed by atoms with van der Waals surface area (Å²) >= 11 is 3.46. The Morgan fingerprint density at radius 2 is 1.69 bits per heavy atom. The molecule has 0 saturated heterocycles. The molecule has 0 atom stereocenters. The first-order chi connectivity index (χ1) is 13.7. The highest BCUT2D eigenvalue weighted by molar-refractivity contribution is 9.10. The summed E-state index contributed by atoms with van der Waals surface area (Å²) in [5, 5.41) is 3.11. The fourth-order valence-corrected chi connectivity index (χ4v) is 3.52. The Balaban J connectivity index is 2.50. The van der Waals surface area contributed by atoms with Crippen molar-refractivity contribution in [1.29, 1.82) is 0 Å². The second-order valence-electron chi connectivity index (χ2n) is 7.66. The summed E-state index contributed by atoms with van der Waals surface area (Å²) in [6, 6.07) is 14.3. The Labute approximate surface area is 181 Å². The number of nitrogens with zero attached hydrogens (tertiary/aromatic N) is 2. The van der Waals surface area contributed by atoms with Crippen LogP contribution in [0.1, 0.15) is 61.8 Å². The molecule has 0 radical (unpaired) electrons. The molecule has 0 fully saturated rings. The minimum atomic E-state index is -0.602. The van der Waals surface area contributed by atoms with Gasteiger partial charge in [0.2, 0.25) is 0 Å². The summed E-state index contributed by atoms with van der Waals surface area (Å²) in [4.78, 5) is 27.0. The largest absolute Gasteiger partial charge is 0.494 e. The Morgan fingerprint density at radius 1 is 1.00 bits per heavy atom. The molecule has 156 valence electrons. The normalized spacial score (nSPS) is 11.1. The molecule has 5 nitrogen and oxygen atoms in total. The van der Waals surface area contributed by atoms with E-state index in [2.05, 4.69) is 15.9 Å². The summed E-state index contributed by atoms with van der Waals surface area (Å²) in [6.07, 6.45) is 0.715. The topological polar surface area (TPSA) is 49.9 Å². The van der Waals surface area contributed by atoms with E-state index >= 15 is 0 Å². The first kappa shape index (κ1) is 22.9. The quantitative estimate of drug-likeness (QED) is 0.530. The molecule has 0 spiro atoms. The third-order valence-corrected chi connectivity index (χ3v) is 4.93. The SMILES string of the molecule is CCCN(C(=O)c1cccc(OCC)c1)N(C(=O)c1ccccc1Br)C(C)(C)C. The Kier molecular flexibility index (Phi) is 7.85. The number of hydrogen-bond donors (Lipinski definition) is 0. The van der Waals surface area contributed by atoms with E-state index in [4.69, 9.17) is 4.74 Å². The van der Waals surface area contributed by atoms with Crippen LogP contribution in [0.15, 0.2) is 53.0 Å². The third kappa shape index (κ3) is 5.60. The Hall–Kier alpha value is -2.34. The first-order valence-corrected chi connectivity index (χ1v) is 10.6. The Morgan fingerprint density at radius 3 is 2.28 bits per heavy atom. The second-order valence-corrected chi connectivity index (χ2v) is 8.51. The van der Waals surface area contributed by atoms with Gasteiger partial charge in [0, 0.05) is 16.6 Å². The van der Waals surface area contributed by atoms with Crippen LogP contribution in [0.4, 0.5) is 0 Å². The molecule has 0 heterocycles. The number of ether oxygens (including phenoxy) is 1. The van der Waals surface area contributed by atoms with Crippen LogP contribution in [0.25, 0.3) is 0 Å². The standard InChI is InChI=1S/C23H29BrN2O3/c1-6-15-25(21(27)17-11-10-12-18(16-17)29-7-2)26(23(3,4)5)22(28)19-13-8-9-14-20(19)24/h8-14,16H,6-7,15H2,1-5H3. The lowest BCUT2D eigenvalue weighted by molar-refractivity contribution is -0.0434. The van der Waals surface area contributed by atoms with Gasteiger partial charge in [-0.05, 0) is 80.4 Å². The van der Waals surface area contributed by atoms with Crippen LogP contribution < -0.4 is 4.74 Å². The molecule has 0 saturated carbocycles. The van der Waals surface area contributed by atoms with Crippen LogP contribution >= 0.6 is 15.9 Å². The fraction of sp³-hybridized carbons (Fsp3) is 0.391. The highest BCUT2D eigenvalue weighted by Crippen LogP contribution is 2.26. The number of rotatable bonds is 6. The highest BCUT2D eigenvalue weighted by Gasteiger charge is 2.36. The van der Waals surface area contributed by atoms with Crippen molar-refractivity contribution in [1.82, 2.24) is 10.0 Å². The van der Waals surface area contributed by atoms with Gasteiger partial charge in [0.1, 0.15) is 5.75 Å². The summed E-state index contributed by atoms with van der Waals surface area (Å²) in [7, 11) is 0. The average molecular weight is 461 g/mol. The number of carbonyl (C=O) groups is 2. The number of hydrogen-bond acceptors (Lipinski definition) is 3. The molecule has 2 rings (SSSR count). The lowest BCUT2D eigenvalue weighted by atomic mass is 10.1. The lowest BCUT2D eigenvalue weighted by Crippen LogP contribution is -2.58. The van der Waals surface area contributed by atoms with Gasteiger partial charge in [0.15, 0.2) is 0 Å². The minimum absolute atomic E-state index is 0.229. The zero-order valence-corrected chi connectivity index (χ0v) is 19.3. The van der Waals surface area contributed by atoms with Crippen molar-refractivity contribution in [2.24, 2.45) is 0 Å². The van der Waals surface area contributed by atoms with Gasteiger partial charge in [-0.1, -0.05) is 25.1 Å². The van der Waals surface area contributed by atoms with Crippen molar-refractivity contribution >= 4 is 27.7 Å². The van der Waals surface area contributed by atoms with Crippen molar-refractivity contribution in [3.8, 4) is 5.75 Å². The van der Waals surface area contributed by atoms with E-state index in [0.29, 0.717) is 40.9 Å². The van der Waals surface area contributed by atoms with Gasteiger partial charge in [-0.2, -0.15) is 0 Å². The lowest BCUT2D eigenvalue weighted by Gasteiger charge is -2.43. The summed E-state index contributed by atoms with van der Waals surface area (Å²) in [5.41, 5.74) is 0.396. The average Bonchev–Trinajstić information content (AvgIpc) is 2.66. The molecule has 0 bridgehead atoms. The number of carbonyl (C=O) groups excluding carboxylic acids is 2. The maximum absolute atomic E-state index is 13.5. The fourth-order valence-electron chi connectivity index (χ4n) is 3.06. The maximum atomic E-state index is 13.5. The molecular formula is C23H29BrN2O3. The van der Waals surface area contributed by atoms with Crippen LogP contribution in [0, 0.1) is 0 Å². The van der Waals surface area contributed by atoms with E-state index < -0.39 is 5.54 Å². The molecule has 2 aromatic rings. The van der Waals surface area contributed by atoms with E-state index in [9.17, 15) is 9.59 Å². The molecule has 0 aliphatic rings. The zero-order valence-electron chi connectivity index (χ0n) is 17.7. The molecule has 2 amide bonds. The molecular weight excluding hydrogens is 432 g/mol. The van der Waals surface area contributed by atoms with Gasteiger partial charge < -0.3 is 4.74 Å². The predicted molar refractivity (Wildman–Crippen MR) is 119 cm³/mol. The van der Waals surface area contributed by atoms with E-state index in [1.807, 2.05) is 58.9 Å². The number of hydrazine groups is 1. The molecule has 0 aliphatic carbocycles. The van der Waals surface area contributed by atoms with Crippen molar-refractivity contribution in [3.63, 3.8) is 0 Å². The van der Waals surface area contributed by atoms with Crippen molar-refractivity contribution in [3.05, 3.63) is 64.1 Å². The molecule has 0 unspecified atom stereocenters. The van der Waals surface area contributed by atoms with Gasteiger partial charge in [-0.25, -0.2) is 10.0 Å². The van der Waals surface area contributed by atoms with Crippen LogP contribution in [0.5, 0.6) is 5.75 Å². The molecule has 6 heteroatoms. The van der Waals surface area contributed by atoms with Crippen LogP contribution in [0.2, 0.25) is 0 Å². The molecule has 0 aliphatic heterocycles. The van der Waals surface area contributed by atoms with Gasteiger partial charge in [-0.15, -0.1) is 0 Å². The minimum Gasteiger partial charge on any atom is -0.494 e. The van der Waals surface area contributed by atoms with E-state index in [1.54, 1.807) is 34.3 Å². The zero-order chi connectivity index (χ0) is 21.6. The van der Waals surface area contributed by atoms with Crippen LogP contribution in [-0.2, 0) is 0 Å². The van der Waals surface area contributed by atoms with Crippen LogP contribution in [-0.4, -0.2) is 40.5 Å². The van der Waals surface area contributed by atoms with Gasteiger partial charge in [0.25, 0.3) is 11.8 Å². The molecule has 2 aromatic carbocycles. The van der Waals surface area contributed by atoms with Crippen molar-refractivity contribution < 1.29 is 14.3 Å². The predicted octanol–water partition coefficient (Wildman–Crippen LogP) is 5.56. The van der Waals surface area contributed by atoms with Gasteiger partial charge in [0.05, 0.1) is 17.7 Å². The second kappa shape index (κ2) is 9.92. The summed E-state index contributed by atoms with van der Waals surface area (Å²) < 4.78 is 6.23. The molecule has 0 aromatic heterocycles. The maximum Gasteiger partial charge on any atom is 0.274 e. The van der Waals surface area contributed by atoms with E-state index in [0.717, 1.165) is 0 Å². The first-order valence-electron chi connectivity index (χ1n) is 9.84. The number of amides is 2. The molecule has 29 heavy (non-hydrogen) atoms. The monoisotopic (exact) mass is 460 g/mol. The summed E-state index contributed by atoms with van der Waals surface area (Å²) in [6.45, 7) is 10.6.